The number of hydrogen-bond acceptors (Lipinski definition) is 6. The highest BCUT2D eigenvalue weighted by Crippen LogP contribution is 2.55. The molecule has 156 valence electrons. The zero-order valence-corrected chi connectivity index (χ0v) is 17.6. The van der Waals surface area contributed by atoms with Gasteiger partial charge in [-0.3, -0.25) is 9.69 Å². The SMILES string of the molecule is COC1=C[C@]23CCCN2CCc2cc4c(cc2[C@@H]3C1OC(=O)C(C)(C)C)OCO4. The smallest absolute Gasteiger partial charge is 0.311 e. The minimum absolute atomic E-state index is 0.0155. The summed E-state index contributed by atoms with van der Waals surface area (Å²) in [6.45, 7) is 7.93. The predicted octanol–water partition coefficient (Wildman–Crippen LogP) is 3.39. The van der Waals surface area contributed by atoms with Crippen LogP contribution < -0.4 is 9.47 Å². The first-order chi connectivity index (χ1) is 13.8. The second-order valence-corrected chi connectivity index (χ2v) is 9.54. The van der Waals surface area contributed by atoms with E-state index in [1.54, 1.807) is 7.11 Å². The van der Waals surface area contributed by atoms with Gasteiger partial charge in [-0.05, 0) is 75.9 Å². The topological polar surface area (TPSA) is 57.2 Å². The molecule has 0 bridgehead atoms. The van der Waals surface area contributed by atoms with Gasteiger partial charge in [0, 0.05) is 6.54 Å². The van der Waals surface area contributed by atoms with Crippen molar-refractivity contribution in [2.75, 3.05) is 27.0 Å². The Hall–Kier alpha value is -2.21. The molecular formula is C23H29NO5. The Morgan fingerprint density at radius 2 is 1.97 bits per heavy atom. The maximum absolute atomic E-state index is 12.9. The standard InChI is InChI=1S/C23H29NO5/c1-22(2,3)21(25)29-20-18(26-4)12-23-7-5-8-24(23)9-6-14-10-16-17(28-13-27-16)11-15(14)19(20)23/h10-12,19-20H,5-9,13H2,1-4H3/t19-,20?,23+/m1/s1. The van der Waals surface area contributed by atoms with E-state index < -0.39 is 11.5 Å². The summed E-state index contributed by atoms with van der Waals surface area (Å²) in [5.74, 6) is 2.11. The first-order valence-electron chi connectivity index (χ1n) is 10.5. The predicted molar refractivity (Wildman–Crippen MR) is 107 cm³/mol. The van der Waals surface area contributed by atoms with Crippen molar-refractivity contribution in [2.24, 2.45) is 5.41 Å². The first kappa shape index (κ1) is 18.8. The minimum Gasteiger partial charge on any atom is -0.497 e. The second kappa shape index (κ2) is 6.39. The summed E-state index contributed by atoms with van der Waals surface area (Å²) in [4.78, 5) is 15.4. The van der Waals surface area contributed by atoms with Crippen LogP contribution >= 0.6 is 0 Å². The molecule has 1 spiro atoms. The lowest BCUT2D eigenvalue weighted by molar-refractivity contribution is -0.159. The molecule has 6 nitrogen and oxygen atoms in total. The van der Waals surface area contributed by atoms with E-state index >= 15 is 0 Å². The van der Waals surface area contributed by atoms with E-state index in [0.717, 1.165) is 49.6 Å². The van der Waals surface area contributed by atoms with E-state index in [1.807, 2.05) is 20.8 Å². The van der Waals surface area contributed by atoms with Crippen molar-refractivity contribution in [2.45, 2.75) is 57.6 Å². The number of carbonyl (C=O) groups is 1. The van der Waals surface area contributed by atoms with E-state index in [2.05, 4.69) is 23.1 Å². The molecule has 0 saturated carbocycles. The molecule has 3 atom stereocenters. The van der Waals surface area contributed by atoms with Gasteiger partial charge in [0.15, 0.2) is 17.6 Å². The van der Waals surface area contributed by atoms with Gasteiger partial charge in [0.25, 0.3) is 0 Å². The molecule has 3 heterocycles. The van der Waals surface area contributed by atoms with Crippen molar-refractivity contribution < 1.29 is 23.7 Å². The highest BCUT2D eigenvalue weighted by Gasteiger charge is 2.58. The maximum Gasteiger partial charge on any atom is 0.311 e. The van der Waals surface area contributed by atoms with Gasteiger partial charge in [-0.15, -0.1) is 0 Å². The molecule has 3 aliphatic heterocycles. The van der Waals surface area contributed by atoms with Crippen LogP contribution in [0.15, 0.2) is 24.0 Å². The molecule has 0 amide bonds. The summed E-state index contributed by atoms with van der Waals surface area (Å²) >= 11 is 0. The quantitative estimate of drug-likeness (QED) is 0.711. The van der Waals surface area contributed by atoms with Crippen molar-refractivity contribution >= 4 is 5.97 Å². The fourth-order valence-corrected chi connectivity index (χ4v) is 5.39. The van der Waals surface area contributed by atoms with Gasteiger partial charge < -0.3 is 18.9 Å². The molecule has 1 saturated heterocycles. The van der Waals surface area contributed by atoms with Crippen molar-refractivity contribution in [1.29, 1.82) is 0 Å². The number of fused-ring (bicyclic) bond motifs is 3. The number of methoxy groups -OCH3 is 1. The van der Waals surface area contributed by atoms with Crippen molar-refractivity contribution in [3.05, 3.63) is 35.1 Å². The van der Waals surface area contributed by atoms with Crippen LogP contribution in [-0.4, -0.2) is 49.5 Å². The molecule has 0 aromatic heterocycles. The average molecular weight is 399 g/mol. The highest BCUT2D eigenvalue weighted by atomic mass is 16.7. The number of esters is 1. The largest absolute Gasteiger partial charge is 0.497 e. The number of nitrogens with zero attached hydrogens (tertiary/aromatic N) is 1. The summed E-state index contributed by atoms with van der Waals surface area (Å²) in [5.41, 5.74) is 1.67. The number of hydrogen-bond donors (Lipinski definition) is 0. The fraction of sp³-hybridized carbons (Fsp3) is 0.609. The van der Waals surface area contributed by atoms with Crippen LogP contribution in [0.1, 0.15) is 50.7 Å². The third-order valence-corrected chi connectivity index (χ3v) is 6.81. The number of benzene rings is 1. The Morgan fingerprint density at radius 1 is 1.21 bits per heavy atom. The lowest BCUT2D eigenvalue weighted by Gasteiger charge is -2.39. The second-order valence-electron chi connectivity index (χ2n) is 9.54. The van der Waals surface area contributed by atoms with Gasteiger partial charge in [0.2, 0.25) is 6.79 Å². The zero-order valence-electron chi connectivity index (χ0n) is 17.6. The summed E-state index contributed by atoms with van der Waals surface area (Å²) in [7, 11) is 1.67. The molecule has 5 rings (SSSR count). The van der Waals surface area contributed by atoms with E-state index in [-0.39, 0.29) is 24.2 Å². The van der Waals surface area contributed by atoms with Crippen LogP contribution in [0.5, 0.6) is 11.5 Å². The molecule has 29 heavy (non-hydrogen) atoms. The Balaban J connectivity index is 1.65. The minimum atomic E-state index is -0.577. The molecule has 4 aliphatic rings. The molecule has 6 heteroatoms. The lowest BCUT2D eigenvalue weighted by atomic mass is 9.77. The van der Waals surface area contributed by atoms with Gasteiger partial charge in [-0.1, -0.05) is 0 Å². The molecule has 0 N–H and O–H groups in total. The van der Waals surface area contributed by atoms with Crippen LogP contribution in [0.2, 0.25) is 0 Å². The number of carbonyl (C=O) groups excluding carboxylic acids is 1. The van der Waals surface area contributed by atoms with Crippen molar-refractivity contribution in [3.63, 3.8) is 0 Å². The molecule has 1 aromatic rings. The monoisotopic (exact) mass is 399 g/mol. The molecular weight excluding hydrogens is 370 g/mol. The molecule has 1 aromatic carbocycles. The summed E-state index contributed by atoms with van der Waals surface area (Å²) in [6.07, 6.45) is 4.89. The Morgan fingerprint density at radius 3 is 2.69 bits per heavy atom. The third kappa shape index (κ3) is 2.75. The molecule has 1 aliphatic carbocycles. The van der Waals surface area contributed by atoms with Crippen LogP contribution in [0.25, 0.3) is 0 Å². The zero-order chi connectivity index (χ0) is 20.4. The Labute approximate surface area is 171 Å². The average Bonchev–Trinajstić information content (AvgIpc) is 3.35. The van der Waals surface area contributed by atoms with E-state index in [4.69, 9.17) is 18.9 Å². The molecule has 0 radical (unpaired) electrons. The summed E-state index contributed by atoms with van der Waals surface area (Å²) in [6, 6.07) is 4.22. The fourth-order valence-electron chi connectivity index (χ4n) is 5.39. The first-order valence-corrected chi connectivity index (χ1v) is 10.5. The van der Waals surface area contributed by atoms with E-state index in [1.165, 1.54) is 11.1 Å². The van der Waals surface area contributed by atoms with E-state index in [9.17, 15) is 4.79 Å². The van der Waals surface area contributed by atoms with Gasteiger partial charge >= 0.3 is 5.97 Å². The summed E-state index contributed by atoms with van der Waals surface area (Å²) in [5, 5.41) is 0. The van der Waals surface area contributed by atoms with Crippen molar-refractivity contribution in [3.8, 4) is 11.5 Å². The lowest BCUT2D eigenvalue weighted by Crippen LogP contribution is -2.47. The maximum atomic E-state index is 12.9. The van der Waals surface area contributed by atoms with Gasteiger partial charge in [-0.2, -0.15) is 0 Å². The third-order valence-electron chi connectivity index (χ3n) is 6.81. The van der Waals surface area contributed by atoms with Crippen molar-refractivity contribution in [1.82, 2.24) is 4.90 Å². The number of ether oxygens (including phenoxy) is 4. The van der Waals surface area contributed by atoms with Crippen LogP contribution in [0, 0.1) is 5.41 Å². The summed E-state index contributed by atoms with van der Waals surface area (Å²) < 4.78 is 23.3. The Bertz CT molecular complexity index is 886. The molecule has 1 unspecified atom stereocenters. The van der Waals surface area contributed by atoms with Gasteiger partial charge in [0.05, 0.1) is 24.0 Å². The van der Waals surface area contributed by atoms with Crippen LogP contribution in [-0.2, 0) is 20.7 Å². The molecule has 1 fully saturated rings. The van der Waals surface area contributed by atoms with Gasteiger partial charge in [-0.25, -0.2) is 0 Å². The van der Waals surface area contributed by atoms with Crippen LogP contribution in [0.3, 0.4) is 0 Å². The normalized spacial score (nSPS) is 30.1. The highest BCUT2D eigenvalue weighted by molar-refractivity contribution is 5.76. The number of rotatable bonds is 2. The van der Waals surface area contributed by atoms with E-state index in [0.29, 0.717) is 0 Å². The van der Waals surface area contributed by atoms with Crippen LogP contribution in [0.4, 0.5) is 0 Å². The Kier molecular flexibility index (Phi) is 4.14. The van der Waals surface area contributed by atoms with Gasteiger partial charge in [0.1, 0.15) is 5.76 Å².